The van der Waals surface area contributed by atoms with E-state index in [1.54, 1.807) is 0 Å². The Morgan fingerprint density at radius 3 is 3.05 bits per heavy atom. The molecule has 1 atom stereocenters. The molecule has 0 spiro atoms. The highest BCUT2D eigenvalue weighted by molar-refractivity contribution is 5.66. The highest BCUT2D eigenvalue weighted by Gasteiger charge is 2.27. The quantitative estimate of drug-likeness (QED) is 0.895. The number of carboxylic acids is 1. The molecule has 1 aromatic carbocycles. The van der Waals surface area contributed by atoms with Crippen molar-refractivity contribution in [3.8, 4) is 11.5 Å². The van der Waals surface area contributed by atoms with Crippen molar-refractivity contribution in [1.82, 2.24) is 4.90 Å². The maximum atomic E-state index is 10.6. The van der Waals surface area contributed by atoms with Crippen LogP contribution in [0.4, 0.5) is 0 Å². The first-order valence-corrected chi connectivity index (χ1v) is 7.09. The van der Waals surface area contributed by atoms with Gasteiger partial charge in [-0.25, -0.2) is 0 Å². The number of benzene rings is 1. The third-order valence-corrected chi connectivity index (χ3v) is 3.98. The van der Waals surface area contributed by atoms with Crippen molar-refractivity contribution in [1.29, 1.82) is 0 Å². The molecule has 0 aliphatic carbocycles. The van der Waals surface area contributed by atoms with Gasteiger partial charge in [0.05, 0.1) is 0 Å². The number of carboxylic acid groups (broad SMARTS) is 1. The molecular weight excluding hydrogens is 258 g/mol. The number of hydrogen-bond acceptors (Lipinski definition) is 4. The number of likely N-dealkylation sites (tertiary alicyclic amines) is 1. The van der Waals surface area contributed by atoms with Crippen molar-refractivity contribution in [3.63, 3.8) is 0 Å². The number of rotatable bonds is 5. The van der Waals surface area contributed by atoms with E-state index in [1.165, 1.54) is 5.56 Å². The highest BCUT2D eigenvalue weighted by atomic mass is 16.7. The molecule has 0 radical (unpaired) electrons. The lowest BCUT2D eigenvalue weighted by atomic mass is 10.0. The van der Waals surface area contributed by atoms with E-state index in [2.05, 4.69) is 17.0 Å². The SMILES string of the molecule is O=C(O)CCCN1CCCC1c1ccc2c(c1)OCO2. The Bertz CT molecular complexity index is 503. The molecule has 1 fully saturated rings. The van der Waals surface area contributed by atoms with Gasteiger partial charge >= 0.3 is 5.97 Å². The number of hydrogen-bond donors (Lipinski definition) is 1. The molecule has 0 aromatic heterocycles. The summed E-state index contributed by atoms with van der Waals surface area (Å²) in [6.45, 7) is 2.18. The van der Waals surface area contributed by atoms with E-state index in [0.717, 1.165) is 37.4 Å². The molecule has 0 bridgehead atoms. The molecule has 1 N–H and O–H groups in total. The molecule has 2 aliphatic heterocycles. The van der Waals surface area contributed by atoms with E-state index in [4.69, 9.17) is 14.6 Å². The van der Waals surface area contributed by atoms with Gasteiger partial charge in [0, 0.05) is 12.5 Å². The standard InChI is InChI=1S/C15H19NO4/c17-15(18)4-2-8-16-7-1-3-12(16)11-5-6-13-14(9-11)20-10-19-13/h5-6,9,12H,1-4,7-8,10H2,(H,17,18). The normalized spacial score (nSPS) is 21.3. The van der Waals surface area contributed by atoms with Crippen LogP contribution in [0.15, 0.2) is 18.2 Å². The Morgan fingerprint density at radius 2 is 2.20 bits per heavy atom. The minimum absolute atomic E-state index is 0.240. The van der Waals surface area contributed by atoms with E-state index in [1.807, 2.05) is 6.07 Å². The van der Waals surface area contributed by atoms with E-state index in [-0.39, 0.29) is 6.42 Å². The van der Waals surface area contributed by atoms with Gasteiger partial charge in [0.25, 0.3) is 0 Å². The summed E-state index contributed by atoms with van der Waals surface area (Å²) >= 11 is 0. The molecule has 3 rings (SSSR count). The van der Waals surface area contributed by atoms with E-state index < -0.39 is 5.97 Å². The Morgan fingerprint density at radius 1 is 1.35 bits per heavy atom. The first-order valence-electron chi connectivity index (χ1n) is 7.09. The van der Waals surface area contributed by atoms with Crippen LogP contribution < -0.4 is 9.47 Å². The second kappa shape index (κ2) is 5.71. The van der Waals surface area contributed by atoms with E-state index in [0.29, 0.717) is 19.3 Å². The second-order valence-corrected chi connectivity index (χ2v) is 5.30. The number of fused-ring (bicyclic) bond motifs is 1. The zero-order valence-corrected chi connectivity index (χ0v) is 11.4. The average Bonchev–Trinajstić information content (AvgIpc) is 3.05. The summed E-state index contributed by atoms with van der Waals surface area (Å²) in [6.07, 6.45) is 3.22. The molecule has 1 aromatic rings. The molecule has 2 heterocycles. The molecule has 1 unspecified atom stereocenters. The van der Waals surface area contributed by atoms with Crippen molar-refractivity contribution in [2.24, 2.45) is 0 Å². The molecule has 0 amide bonds. The van der Waals surface area contributed by atoms with Crippen LogP contribution >= 0.6 is 0 Å². The summed E-state index contributed by atoms with van der Waals surface area (Å²) in [4.78, 5) is 13.0. The van der Waals surface area contributed by atoms with E-state index >= 15 is 0 Å². The monoisotopic (exact) mass is 277 g/mol. The Labute approximate surface area is 118 Å². The summed E-state index contributed by atoms with van der Waals surface area (Å²) < 4.78 is 10.8. The molecule has 1 saturated heterocycles. The third kappa shape index (κ3) is 2.72. The van der Waals surface area contributed by atoms with Gasteiger partial charge in [-0.1, -0.05) is 6.07 Å². The lowest BCUT2D eigenvalue weighted by Gasteiger charge is -2.24. The number of nitrogens with zero attached hydrogens (tertiary/aromatic N) is 1. The van der Waals surface area contributed by atoms with Gasteiger partial charge in [-0.2, -0.15) is 0 Å². The number of aliphatic carboxylic acids is 1. The topological polar surface area (TPSA) is 59.0 Å². The van der Waals surface area contributed by atoms with Gasteiger partial charge in [0.1, 0.15) is 0 Å². The summed E-state index contributed by atoms with van der Waals surface area (Å²) in [6, 6.07) is 6.49. The van der Waals surface area contributed by atoms with Crippen molar-refractivity contribution in [2.45, 2.75) is 31.7 Å². The van der Waals surface area contributed by atoms with Crippen LogP contribution in [0.1, 0.15) is 37.3 Å². The minimum Gasteiger partial charge on any atom is -0.481 e. The van der Waals surface area contributed by atoms with Crippen LogP contribution in [0.25, 0.3) is 0 Å². The zero-order chi connectivity index (χ0) is 13.9. The Balaban J connectivity index is 1.67. The van der Waals surface area contributed by atoms with Crippen LogP contribution in [0.3, 0.4) is 0 Å². The molecule has 0 saturated carbocycles. The molecule has 5 nitrogen and oxygen atoms in total. The first kappa shape index (κ1) is 13.2. The first-order chi connectivity index (χ1) is 9.74. The summed E-state index contributed by atoms with van der Waals surface area (Å²) in [5.41, 5.74) is 1.24. The lowest BCUT2D eigenvalue weighted by molar-refractivity contribution is -0.137. The molecule has 2 aliphatic rings. The van der Waals surface area contributed by atoms with Crippen LogP contribution in [0, 0.1) is 0 Å². The zero-order valence-electron chi connectivity index (χ0n) is 11.4. The summed E-state index contributed by atoms with van der Waals surface area (Å²) in [7, 11) is 0. The molecule has 5 heteroatoms. The van der Waals surface area contributed by atoms with Crippen LogP contribution in [-0.4, -0.2) is 35.9 Å². The van der Waals surface area contributed by atoms with Crippen LogP contribution in [-0.2, 0) is 4.79 Å². The average molecular weight is 277 g/mol. The Kier molecular flexibility index (Phi) is 3.78. The predicted molar refractivity (Wildman–Crippen MR) is 73.0 cm³/mol. The Hall–Kier alpha value is -1.75. The van der Waals surface area contributed by atoms with Crippen LogP contribution in [0.5, 0.6) is 11.5 Å². The van der Waals surface area contributed by atoms with Crippen molar-refractivity contribution in [2.75, 3.05) is 19.9 Å². The molecule has 108 valence electrons. The van der Waals surface area contributed by atoms with Gasteiger partial charge < -0.3 is 14.6 Å². The summed E-state index contributed by atoms with van der Waals surface area (Å²) in [5, 5.41) is 8.73. The van der Waals surface area contributed by atoms with Crippen molar-refractivity contribution >= 4 is 5.97 Å². The fraction of sp³-hybridized carbons (Fsp3) is 0.533. The molecular formula is C15H19NO4. The maximum absolute atomic E-state index is 10.6. The van der Waals surface area contributed by atoms with Gasteiger partial charge in [-0.3, -0.25) is 9.69 Å². The second-order valence-electron chi connectivity index (χ2n) is 5.30. The number of ether oxygens (including phenoxy) is 2. The molecule has 20 heavy (non-hydrogen) atoms. The largest absolute Gasteiger partial charge is 0.481 e. The fourth-order valence-electron chi connectivity index (χ4n) is 3.03. The maximum Gasteiger partial charge on any atom is 0.303 e. The lowest BCUT2D eigenvalue weighted by Crippen LogP contribution is -2.24. The predicted octanol–water partition coefficient (Wildman–Crippen LogP) is 2.42. The number of carbonyl (C=O) groups is 1. The van der Waals surface area contributed by atoms with E-state index in [9.17, 15) is 4.79 Å². The third-order valence-electron chi connectivity index (χ3n) is 3.98. The fourth-order valence-corrected chi connectivity index (χ4v) is 3.03. The van der Waals surface area contributed by atoms with Crippen molar-refractivity contribution < 1.29 is 19.4 Å². The van der Waals surface area contributed by atoms with Gasteiger partial charge in [0.15, 0.2) is 11.5 Å². The highest BCUT2D eigenvalue weighted by Crippen LogP contribution is 2.38. The smallest absolute Gasteiger partial charge is 0.303 e. The van der Waals surface area contributed by atoms with Gasteiger partial charge in [-0.05, 0) is 50.0 Å². The van der Waals surface area contributed by atoms with Gasteiger partial charge in [0.2, 0.25) is 6.79 Å². The summed E-state index contributed by atoms with van der Waals surface area (Å²) in [5.74, 6) is 0.910. The van der Waals surface area contributed by atoms with Crippen LogP contribution in [0.2, 0.25) is 0 Å². The van der Waals surface area contributed by atoms with Gasteiger partial charge in [-0.15, -0.1) is 0 Å². The minimum atomic E-state index is -0.719. The van der Waals surface area contributed by atoms with Crippen molar-refractivity contribution in [3.05, 3.63) is 23.8 Å².